The average Bonchev–Trinajstić information content (AvgIpc) is 3.16. The van der Waals surface area contributed by atoms with Crippen LogP contribution in [0.25, 0.3) is 21.5 Å². The van der Waals surface area contributed by atoms with E-state index in [0.717, 1.165) is 0 Å². The third-order valence-corrected chi connectivity index (χ3v) is 3.10. The Kier molecular flexibility index (Phi) is 6.68. The Hall–Kier alpha value is -1.59. The molecule has 4 aromatic carbocycles. The molecule has 112 valence electrons. The molecule has 0 aliphatic carbocycles. The molecule has 0 amide bonds. The maximum atomic E-state index is 2.12. The quantitative estimate of drug-likeness (QED) is 0.331. The summed E-state index contributed by atoms with van der Waals surface area (Å²) in [5.41, 5.74) is 0. The van der Waals surface area contributed by atoms with Gasteiger partial charge in [0, 0.05) is 0 Å². The zero-order chi connectivity index (χ0) is 15.8. The van der Waals surface area contributed by atoms with Gasteiger partial charge < -0.3 is 2.85 Å². The maximum Gasteiger partial charge on any atom is -0.0809 e. The summed E-state index contributed by atoms with van der Waals surface area (Å²) >= 11 is 1.55. The predicted molar refractivity (Wildman–Crippen MR) is 97.7 cm³/mol. The van der Waals surface area contributed by atoms with E-state index in [1.165, 1.54) is 24.8 Å². The summed E-state index contributed by atoms with van der Waals surface area (Å²) in [4.78, 5) is 0. The van der Waals surface area contributed by atoms with Crippen LogP contribution < -0.4 is 0 Å². The molecule has 4 aromatic rings. The van der Waals surface area contributed by atoms with E-state index >= 15 is 0 Å². The largest absolute Gasteiger partial charge is 1.00 e. The first-order valence-corrected chi connectivity index (χ1v) is 8.62. The zero-order valence-electron chi connectivity index (χ0n) is 15.1. The summed E-state index contributed by atoms with van der Waals surface area (Å²) < 4.78 is 1.51. The molecule has 0 radical (unpaired) electrons. The molecule has 0 heterocycles. The van der Waals surface area contributed by atoms with Crippen molar-refractivity contribution in [3.05, 3.63) is 84.9 Å². The van der Waals surface area contributed by atoms with Gasteiger partial charge in [0.25, 0.3) is 0 Å². The van der Waals surface area contributed by atoms with Crippen molar-refractivity contribution in [2.75, 3.05) is 0 Å². The molecular weight excluding hydrogens is 343 g/mol. The van der Waals surface area contributed by atoms with E-state index in [9.17, 15) is 0 Å². The molecule has 0 saturated heterocycles. The van der Waals surface area contributed by atoms with Crippen molar-refractivity contribution in [1.29, 1.82) is 0 Å². The molecule has 0 fully saturated rings. The number of hydrogen-bond acceptors (Lipinski definition) is 0. The number of benzene rings is 2. The molecule has 0 aromatic heterocycles. The second kappa shape index (κ2) is 8.76. The fourth-order valence-corrected chi connectivity index (χ4v) is 2.14. The predicted octanol–water partition coefficient (Wildman–Crippen LogP) is 6.09. The van der Waals surface area contributed by atoms with Crippen molar-refractivity contribution in [2.24, 2.45) is 0 Å². The molecule has 0 atom stereocenters. The minimum atomic E-state index is 0. The number of fused-ring (bicyclic) bond motifs is 2. The molecule has 0 bridgehead atoms. The Bertz CT molecular complexity index is 712. The minimum Gasteiger partial charge on any atom is -1.00 e. The normalized spacial score (nSPS) is 9.64. The molecule has 0 unspecified atom stereocenters. The fourth-order valence-electron chi connectivity index (χ4n) is 2.14. The van der Waals surface area contributed by atoms with Gasteiger partial charge in [0.15, 0.2) is 0 Å². The summed E-state index contributed by atoms with van der Waals surface area (Å²) in [5, 5.41) is 5.32. The average molecular weight is 366 g/mol. The molecule has 4 rings (SSSR count). The molecular formula is C21H22Zr-2. The van der Waals surface area contributed by atoms with Gasteiger partial charge in [-0.25, -0.2) is 0 Å². The molecule has 0 aliphatic rings. The Balaban J connectivity index is 0.000000341. The van der Waals surface area contributed by atoms with Gasteiger partial charge in [0.1, 0.15) is 0 Å². The van der Waals surface area contributed by atoms with Crippen LogP contribution in [0.5, 0.6) is 0 Å². The molecule has 0 saturated carbocycles. The van der Waals surface area contributed by atoms with Gasteiger partial charge >= 0.3 is 41.3 Å². The Morgan fingerprint density at radius 2 is 1.09 bits per heavy atom. The molecule has 0 aliphatic heterocycles. The molecule has 0 nitrogen and oxygen atoms in total. The second-order valence-electron chi connectivity index (χ2n) is 5.31. The van der Waals surface area contributed by atoms with Crippen molar-refractivity contribution in [2.45, 2.75) is 13.8 Å². The van der Waals surface area contributed by atoms with Crippen molar-refractivity contribution < 1.29 is 27.1 Å². The third kappa shape index (κ3) is 5.31. The number of rotatable bonds is 0. The van der Waals surface area contributed by atoms with Crippen molar-refractivity contribution in [3.63, 3.8) is 0 Å². The van der Waals surface area contributed by atoms with E-state index in [-0.39, 0.29) is 2.85 Å². The van der Waals surface area contributed by atoms with Crippen LogP contribution in [0.15, 0.2) is 84.9 Å². The maximum absolute atomic E-state index is 2.12. The molecule has 0 spiro atoms. The summed E-state index contributed by atoms with van der Waals surface area (Å²) in [6, 6.07) is 29.3. The van der Waals surface area contributed by atoms with Crippen LogP contribution in [0.4, 0.5) is 0 Å². The van der Waals surface area contributed by atoms with Crippen molar-refractivity contribution >= 4 is 24.8 Å². The van der Waals surface area contributed by atoms with Crippen LogP contribution in [0.3, 0.4) is 0 Å². The first kappa shape index (κ1) is 16.8. The van der Waals surface area contributed by atoms with Gasteiger partial charge in [-0.1, -0.05) is 12.1 Å². The summed E-state index contributed by atoms with van der Waals surface area (Å²) in [7, 11) is 0. The van der Waals surface area contributed by atoms with Gasteiger partial charge in [0.05, 0.1) is 0 Å². The van der Waals surface area contributed by atoms with Gasteiger partial charge in [-0.3, -0.25) is 0 Å². The Morgan fingerprint density at radius 3 is 1.45 bits per heavy atom. The summed E-state index contributed by atoms with van der Waals surface area (Å²) in [5.74, 6) is 0. The van der Waals surface area contributed by atoms with E-state index in [2.05, 4.69) is 98.8 Å². The van der Waals surface area contributed by atoms with Crippen LogP contribution in [0.2, 0.25) is 0 Å². The van der Waals surface area contributed by atoms with Crippen LogP contribution in [0.1, 0.15) is 16.7 Å². The fraction of sp³-hybridized carbons (Fsp3) is 0.0952. The van der Waals surface area contributed by atoms with Crippen LogP contribution in [-0.4, -0.2) is 3.21 Å². The molecule has 0 N–H and O–H groups in total. The summed E-state index contributed by atoms with van der Waals surface area (Å²) in [6.45, 7) is 4.25. The molecule has 1 heteroatoms. The van der Waals surface area contributed by atoms with Crippen LogP contribution in [-0.2, 0) is 24.2 Å². The zero-order valence-corrected chi connectivity index (χ0v) is 15.5. The summed E-state index contributed by atoms with van der Waals surface area (Å²) in [6.07, 6.45) is 0. The second-order valence-corrected chi connectivity index (χ2v) is 7.77. The standard InChI is InChI=1S/2C9H7.C3H6.Zr.2H/c2*1-2-5-9-7-3-6-8(9)4-1;1-3-2;;;/h2*1-7H;1-2H3;;;/q2*-1;;+2;2*-1. The number of hydrogen-bond donors (Lipinski definition) is 0. The van der Waals surface area contributed by atoms with Gasteiger partial charge in [-0.05, 0) is 0 Å². The van der Waals surface area contributed by atoms with Crippen molar-refractivity contribution in [3.8, 4) is 0 Å². The minimum absolute atomic E-state index is 0. The first-order chi connectivity index (χ1) is 10.7. The van der Waals surface area contributed by atoms with Gasteiger partial charge in [-0.15, -0.1) is 59.3 Å². The van der Waals surface area contributed by atoms with Gasteiger partial charge in [0.2, 0.25) is 0 Å². The van der Waals surface area contributed by atoms with E-state index in [0.29, 0.717) is 0 Å². The SMILES string of the molecule is C[C](C)=[Zr+2].[H-].[H-].c1ccc2[cH-]ccc2c1.c1ccc2[cH-]ccc2c1. The van der Waals surface area contributed by atoms with E-state index in [1.807, 2.05) is 0 Å². The van der Waals surface area contributed by atoms with Crippen LogP contribution >= 0.6 is 0 Å². The van der Waals surface area contributed by atoms with E-state index in [1.54, 1.807) is 24.2 Å². The van der Waals surface area contributed by atoms with E-state index in [4.69, 9.17) is 0 Å². The smallest absolute Gasteiger partial charge is 0.0809 e. The first-order valence-electron chi connectivity index (χ1n) is 7.39. The van der Waals surface area contributed by atoms with Crippen LogP contribution in [0, 0.1) is 0 Å². The van der Waals surface area contributed by atoms with Crippen molar-refractivity contribution in [1.82, 2.24) is 0 Å². The Labute approximate surface area is 150 Å². The topological polar surface area (TPSA) is 0 Å². The third-order valence-electron chi connectivity index (χ3n) is 3.10. The molecule has 22 heavy (non-hydrogen) atoms. The van der Waals surface area contributed by atoms with E-state index < -0.39 is 0 Å². The monoisotopic (exact) mass is 364 g/mol. The van der Waals surface area contributed by atoms with Gasteiger partial charge in [-0.2, -0.15) is 35.0 Å². The Morgan fingerprint density at radius 1 is 0.727 bits per heavy atom.